The molecule has 0 aromatic heterocycles. The van der Waals surface area contributed by atoms with Crippen LogP contribution in [0, 0.1) is 0 Å². The smallest absolute Gasteiger partial charge is 0.0236 e. The maximum Gasteiger partial charge on any atom is 0.0236 e. The standard InChI is InChI=1S/C18H28N2/c1-4-18-13-19-17(12-16-8-6-5-7-9-16)14-20(18)11-10-15(2)3/h5-10,17-19H,4,11-14H2,1-3H3. The molecule has 110 valence electrons. The van der Waals surface area contributed by atoms with E-state index in [0.717, 1.165) is 26.1 Å². The molecule has 1 aliphatic rings. The maximum atomic E-state index is 3.72. The Bertz CT molecular complexity index is 420. The zero-order chi connectivity index (χ0) is 14.4. The lowest BCUT2D eigenvalue weighted by Crippen LogP contribution is -2.56. The average molecular weight is 272 g/mol. The van der Waals surface area contributed by atoms with Crippen LogP contribution in [0.5, 0.6) is 0 Å². The Labute approximate surface area is 123 Å². The van der Waals surface area contributed by atoms with E-state index in [1.54, 1.807) is 0 Å². The largest absolute Gasteiger partial charge is 0.311 e. The summed E-state index contributed by atoms with van der Waals surface area (Å²) in [7, 11) is 0. The minimum absolute atomic E-state index is 0.575. The molecule has 2 heteroatoms. The van der Waals surface area contributed by atoms with Crippen molar-refractivity contribution in [3.05, 3.63) is 47.5 Å². The van der Waals surface area contributed by atoms with E-state index in [1.807, 2.05) is 0 Å². The van der Waals surface area contributed by atoms with E-state index in [9.17, 15) is 0 Å². The lowest BCUT2D eigenvalue weighted by Gasteiger charge is -2.40. The van der Waals surface area contributed by atoms with E-state index in [4.69, 9.17) is 0 Å². The summed E-state index contributed by atoms with van der Waals surface area (Å²) in [6.45, 7) is 10.0. The van der Waals surface area contributed by atoms with Crippen molar-refractivity contribution in [1.82, 2.24) is 10.2 Å². The molecule has 0 radical (unpaired) electrons. The second-order valence-electron chi connectivity index (χ2n) is 6.09. The second kappa shape index (κ2) is 7.61. The molecule has 0 bridgehead atoms. The minimum Gasteiger partial charge on any atom is -0.311 e. The summed E-state index contributed by atoms with van der Waals surface area (Å²) in [6, 6.07) is 12.1. The predicted molar refractivity (Wildman–Crippen MR) is 87.0 cm³/mol. The third kappa shape index (κ3) is 4.46. The fraction of sp³-hybridized carbons (Fsp3) is 0.556. The summed E-state index contributed by atoms with van der Waals surface area (Å²) >= 11 is 0. The van der Waals surface area contributed by atoms with E-state index in [0.29, 0.717) is 12.1 Å². The van der Waals surface area contributed by atoms with Crippen molar-refractivity contribution >= 4 is 0 Å². The van der Waals surface area contributed by atoms with Crippen LogP contribution in [0.4, 0.5) is 0 Å². The van der Waals surface area contributed by atoms with Gasteiger partial charge in [0.25, 0.3) is 0 Å². The molecule has 2 nitrogen and oxygen atoms in total. The van der Waals surface area contributed by atoms with Gasteiger partial charge in [-0.05, 0) is 32.3 Å². The Morgan fingerprint density at radius 3 is 2.70 bits per heavy atom. The topological polar surface area (TPSA) is 15.3 Å². The molecule has 2 atom stereocenters. The third-order valence-electron chi connectivity index (χ3n) is 4.14. The number of hydrogen-bond donors (Lipinski definition) is 1. The fourth-order valence-corrected chi connectivity index (χ4v) is 2.89. The molecule has 1 aliphatic heterocycles. The first-order valence-corrected chi connectivity index (χ1v) is 7.83. The van der Waals surface area contributed by atoms with Crippen molar-refractivity contribution in [3.8, 4) is 0 Å². The maximum absolute atomic E-state index is 3.72. The van der Waals surface area contributed by atoms with Gasteiger partial charge in [-0.15, -0.1) is 0 Å². The molecule has 0 aliphatic carbocycles. The number of allylic oxidation sites excluding steroid dienone is 1. The van der Waals surface area contributed by atoms with Gasteiger partial charge in [0, 0.05) is 31.7 Å². The van der Waals surface area contributed by atoms with Crippen LogP contribution in [0.1, 0.15) is 32.8 Å². The molecular formula is C18H28N2. The van der Waals surface area contributed by atoms with Gasteiger partial charge in [-0.3, -0.25) is 4.90 Å². The minimum atomic E-state index is 0.575. The highest BCUT2D eigenvalue weighted by molar-refractivity contribution is 5.16. The van der Waals surface area contributed by atoms with Gasteiger partial charge in [-0.2, -0.15) is 0 Å². The van der Waals surface area contributed by atoms with Crippen LogP contribution >= 0.6 is 0 Å². The van der Waals surface area contributed by atoms with Crippen LogP contribution < -0.4 is 5.32 Å². The van der Waals surface area contributed by atoms with Gasteiger partial charge in [0.05, 0.1) is 0 Å². The number of benzene rings is 1. The van der Waals surface area contributed by atoms with Crippen LogP contribution in [-0.4, -0.2) is 36.6 Å². The quantitative estimate of drug-likeness (QED) is 0.828. The zero-order valence-corrected chi connectivity index (χ0v) is 13.1. The lowest BCUT2D eigenvalue weighted by atomic mass is 10.0. The average Bonchev–Trinajstić information content (AvgIpc) is 2.46. The number of piperazine rings is 1. The Hall–Kier alpha value is -1.12. The van der Waals surface area contributed by atoms with E-state index in [-0.39, 0.29) is 0 Å². The van der Waals surface area contributed by atoms with E-state index < -0.39 is 0 Å². The summed E-state index contributed by atoms with van der Waals surface area (Å²) in [6.07, 6.45) is 4.71. The molecule has 1 heterocycles. The van der Waals surface area contributed by atoms with Gasteiger partial charge in [-0.25, -0.2) is 0 Å². The Morgan fingerprint density at radius 2 is 2.05 bits per heavy atom. The molecule has 1 N–H and O–H groups in total. The van der Waals surface area contributed by atoms with Crippen molar-refractivity contribution in [1.29, 1.82) is 0 Å². The van der Waals surface area contributed by atoms with Gasteiger partial charge in [-0.1, -0.05) is 48.9 Å². The second-order valence-corrected chi connectivity index (χ2v) is 6.09. The van der Waals surface area contributed by atoms with Gasteiger partial charge >= 0.3 is 0 Å². The first kappa shape index (κ1) is 15.3. The highest BCUT2D eigenvalue weighted by atomic mass is 15.2. The SMILES string of the molecule is CCC1CNC(Cc2ccccc2)CN1CC=C(C)C. The van der Waals surface area contributed by atoms with E-state index in [1.165, 1.54) is 17.6 Å². The Balaban J connectivity index is 1.95. The van der Waals surface area contributed by atoms with Crippen molar-refractivity contribution in [2.24, 2.45) is 0 Å². The summed E-state index contributed by atoms with van der Waals surface area (Å²) < 4.78 is 0. The molecule has 0 saturated carbocycles. The number of nitrogens with zero attached hydrogens (tertiary/aromatic N) is 1. The first-order valence-electron chi connectivity index (χ1n) is 7.83. The lowest BCUT2D eigenvalue weighted by molar-refractivity contribution is 0.141. The van der Waals surface area contributed by atoms with E-state index in [2.05, 4.69) is 67.4 Å². The van der Waals surface area contributed by atoms with Gasteiger partial charge in [0.1, 0.15) is 0 Å². The highest BCUT2D eigenvalue weighted by Crippen LogP contribution is 2.14. The molecule has 1 saturated heterocycles. The van der Waals surface area contributed by atoms with Gasteiger partial charge in [0.15, 0.2) is 0 Å². The van der Waals surface area contributed by atoms with Crippen molar-refractivity contribution in [2.75, 3.05) is 19.6 Å². The van der Waals surface area contributed by atoms with Gasteiger partial charge in [0.2, 0.25) is 0 Å². The normalized spacial score (nSPS) is 23.6. The number of hydrogen-bond acceptors (Lipinski definition) is 2. The highest BCUT2D eigenvalue weighted by Gasteiger charge is 2.25. The third-order valence-corrected chi connectivity index (χ3v) is 4.14. The molecule has 2 rings (SSSR count). The summed E-state index contributed by atoms with van der Waals surface area (Å²) in [4.78, 5) is 2.64. The summed E-state index contributed by atoms with van der Waals surface area (Å²) in [5.41, 5.74) is 2.85. The molecule has 2 unspecified atom stereocenters. The first-order chi connectivity index (χ1) is 9.69. The molecule has 1 fully saturated rings. The Morgan fingerprint density at radius 1 is 1.30 bits per heavy atom. The predicted octanol–water partition coefficient (Wildman–Crippen LogP) is 3.25. The van der Waals surface area contributed by atoms with E-state index >= 15 is 0 Å². The molecule has 1 aromatic rings. The number of nitrogens with one attached hydrogen (secondary N) is 1. The van der Waals surface area contributed by atoms with Crippen LogP contribution in [0.2, 0.25) is 0 Å². The van der Waals surface area contributed by atoms with Crippen LogP contribution in [0.15, 0.2) is 42.0 Å². The molecule has 1 aromatic carbocycles. The number of rotatable bonds is 5. The molecule has 20 heavy (non-hydrogen) atoms. The summed E-state index contributed by atoms with van der Waals surface area (Å²) in [5.74, 6) is 0. The monoisotopic (exact) mass is 272 g/mol. The van der Waals surface area contributed by atoms with Crippen molar-refractivity contribution < 1.29 is 0 Å². The molecule has 0 amide bonds. The zero-order valence-electron chi connectivity index (χ0n) is 13.1. The van der Waals surface area contributed by atoms with Crippen LogP contribution in [0.25, 0.3) is 0 Å². The van der Waals surface area contributed by atoms with Crippen molar-refractivity contribution in [2.45, 2.75) is 45.7 Å². The van der Waals surface area contributed by atoms with Crippen molar-refractivity contribution in [3.63, 3.8) is 0 Å². The molecular weight excluding hydrogens is 244 g/mol. The molecule has 0 spiro atoms. The Kier molecular flexibility index (Phi) is 5.81. The van der Waals surface area contributed by atoms with Gasteiger partial charge < -0.3 is 5.32 Å². The van der Waals surface area contributed by atoms with Crippen LogP contribution in [0.3, 0.4) is 0 Å². The summed E-state index contributed by atoms with van der Waals surface area (Å²) in [5, 5.41) is 3.72. The fourth-order valence-electron chi connectivity index (χ4n) is 2.89. The van der Waals surface area contributed by atoms with Crippen LogP contribution in [-0.2, 0) is 6.42 Å².